The van der Waals surface area contributed by atoms with Gasteiger partial charge in [-0.05, 0) is 47.5 Å². The predicted molar refractivity (Wildman–Crippen MR) is 69.9 cm³/mol. The van der Waals surface area contributed by atoms with E-state index >= 15 is 0 Å². The van der Waals surface area contributed by atoms with Crippen molar-refractivity contribution in [1.82, 2.24) is 0 Å². The smallest absolute Gasteiger partial charge is 0.236 e. The monoisotopic (exact) mass is 324 g/mol. The molecule has 1 unspecified atom stereocenters. The molecule has 0 radical (unpaired) electrons. The second-order valence-electron chi connectivity index (χ2n) is 3.77. The Morgan fingerprint density at radius 3 is 2.65 bits per heavy atom. The van der Waals surface area contributed by atoms with Crippen LogP contribution in [0.4, 0.5) is 10.1 Å². The standard InChI is InChI=1S/C10H14BrFN2O2S/c1-6-3-8(11)9(12)4-10(6)14-17(15,16)7(2)5-13/h3-4,7,14H,5,13H2,1-2H3. The molecule has 0 spiro atoms. The molecule has 0 fully saturated rings. The van der Waals surface area contributed by atoms with Crippen molar-refractivity contribution in [2.24, 2.45) is 5.73 Å². The summed E-state index contributed by atoms with van der Waals surface area (Å²) in [4.78, 5) is 0. The van der Waals surface area contributed by atoms with Crippen LogP contribution in [0.15, 0.2) is 16.6 Å². The SMILES string of the molecule is Cc1cc(Br)c(F)cc1NS(=O)(=O)C(C)CN. The fraction of sp³-hybridized carbons (Fsp3) is 0.400. The van der Waals surface area contributed by atoms with E-state index in [1.807, 2.05) is 0 Å². The summed E-state index contributed by atoms with van der Waals surface area (Å²) in [7, 11) is -3.57. The molecule has 4 nitrogen and oxygen atoms in total. The van der Waals surface area contributed by atoms with E-state index in [0.29, 0.717) is 10.0 Å². The fourth-order valence-corrected chi connectivity index (χ4v) is 2.58. The van der Waals surface area contributed by atoms with Crippen molar-refractivity contribution >= 4 is 31.6 Å². The molecule has 0 aliphatic carbocycles. The summed E-state index contributed by atoms with van der Waals surface area (Å²) in [5, 5.41) is -0.728. The zero-order valence-corrected chi connectivity index (χ0v) is 11.9. The molecule has 3 N–H and O–H groups in total. The average molecular weight is 325 g/mol. The molecule has 1 rings (SSSR count). The molecule has 0 aromatic heterocycles. The third kappa shape index (κ3) is 3.40. The Labute approximate surface area is 109 Å². The van der Waals surface area contributed by atoms with Crippen molar-refractivity contribution in [3.63, 3.8) is 0 Å². The molecule has 0 aliphatic heterocycles. The Hall–Kier alpha value is -0.660. The minimum Gasteiger partial charge on any atom is -0.329 e. The van der Waals surface area contributed by atoms with E-state index in [9.17, 15) is 12.8 Å². The number of anilines is 1. The molecule has 0 saturated heterocycles. The van der Waals surface area contributed by atoms with Crippen LogP contribution in [0, 0.1) is 12.7 Å². The van der Waals surface area contributed by atoms with E-state index in [1.165, 1.54) is 13.0 Å². The van der Waals surface area contributed by atoms with Crippen LogP contribution in [0.3, 0.4) is 0 Å². The van der Waals surface area contributed by atoms with E-state index < -0.39 is 21.1 Å². The Morgan fingerprint density at radius 2 is 2.12 bits per heavy atom. The molecular weight excluding hydrogens is 311 g/mol. The summed E-state index contributed by atoms with van der Waals surface area (Å²) in [6.07, 6.45) is 0. The summed E-state index contributed by atoms with van der Waals surface area (Å²) < 4.78 is 39.5. The number of nitrogens with two attached hydrogens (primary N) is 1. The molecule has 17 heavy (non-hydrogen) atoms. The first-order valence-corrected chi connectivity index (χ1v) is 7.29. The summed E-state index contributed by atoms with van der Waals surface area (Å²) in [5.41, 5.74) is 6.16. The number of benzene rings is 1. The molecule has 0 saturated carbocycles. The van der Waals surface area contributed by atoms with E-state index in [4.69, 9.17) is 5.73 Å². The Balaban J connectivity index is 3.08. The maximum Gasteiger partial charge on any atom is 0.236 e. The van der Waals surface area contributed by atoms with Crippen LogP contribution in [0.1, 0.15) is 12.5 Å². The van der Waals surface area contributed by atoms with Gasteiger partial charge in [-0.15, -0.1) is 0 Å². The first-order valence-electron chi connectivity index (χ1n) is 4.95. The predicted octanol–water partition coefficient (Wildman–Crippen LogP) is 1.99. The highest BCUT2D eigenvalue weighted by molar-refractivity contribution is 9.10. The highest BCUT2D eigenvalue weighted by Gasteiger charge is 2.20. The Morgan fingerprint density at radius 1 is 1.53 bits per heavy atom. The molecule has 0 heterocycles. The molecule has 1 atom stereocenters. The summed E-state index contributed by atoms with van der Waals surface area (Å²) >= 11 is 3.03. The molecule has 1 aromatic carbocycles. The molecule has 0 aliphatic rings. The van der Waals surface area contributed by atoms with Gasteiger partial charge in [0.1, 0.15) is 5.82 Å². The zero-order chi connectivity index (χ0) is 13.2. The van der Waals surface area contributed by atoms with Crippen molar-refractivity contribution in [3.05, 3.63) is 28.0 Å². The van der Waals surface area contributed by atoms with Crippen LogP contribution in [0.5, 0.6) is 0 Å². The number of aryl methyl sites for hydroxylation is 1. The van der Waals surface area contributed by atoms with E-state index in [1.54, 1.807) is 6.92 Å². The van der Waals surface area contributed by atoms with Gasteiger partial charge in [-0.25, -0.2) is 12.8 Å². The minimum absolute atomic E-state index is 0.00733. The van der Waals surface area contributed by atoms with Gasteiger partial charge in [0.2, 0.25) is 10.0 Å². The maximum atomic E-state index is 13.3. The van der Waals surface area contributed by atoms with Gasteiger partial charge in [0.25, 0.3) is 0 Å². The minimum atomic E-state index is -3.57. The lowest BCUT2D eigenvalue weighted by molar-refractivity contribution is 0.589. The number of halogens is 2. The van der Waals surface area contributed by atoms with Crippen LogP contribution in [-0.2, 0) is 10.0 Å². The number of sulfonamides is 1. The van der Waals surface area contributed by atoms with Crippen LogP contribution in [-0.4, -0.2) is 20.2 Å². The van der Waals surface area contributed by atoms with Gasteiger partial charge in [-0.1, -0.05) is 0 Å². The van der Waals surface area contributed by atoms with Gasteiger partial charge in [-0.2, -0.15) is 0 Å². The Bertz CT molecular complexity index is 519. The number of hydrogen-bond donors (Lipinski definition) is 2. The molecular formula is C10H14BrFN2O2S. The van der Waals surface area contributed by atoms with Crippen LogP contribution in [0.2, 0.25) is 0 Å². The molecule has 96 valence electrons. The quantitative estimate of drug-likeness (QED) is 0.889. The topological polar surface area (TPSA) is 72.2 Å². The van der Waals surface area contributed by atoms with Crippen molar-refractivity contribution in [1.29, 1.82) is 0 Å². The van der Waals surface area contributed by atoms with E-state index in [-0.39, 0.29) is 12.2 Å². The van der Waals surface area contributed by atoms with Gasteiger partial charge in [-0.3, -0.25) is 4.72 Å². The van der Waals surface area contributed by atoms with E-state index in [0.717, 1.165) is 6.07 Å². The fourth-order valence-electron chi connectivity index (χ4n) is 1.14. The first-order chi connectivity index (χ1) is 7.77. The average Bonchev–Trinajstić information content (AvgIpc) is 2.24. The molecule has 1 aromatic rings. The maximum absolute atomic E-state index is 13.3. The van der Waals surface area contributed by atoms with Crippen molar-refractivity contribution in [2.45, 2.75) is 19.1 Å². The molecule has 7 heteroatoms. The third-order valence-corrected chi connectivity index (χ3v) is 4.75. The van der Waals surface area contributed by atoms with Gasteiger partial charge in [0.15, 0.2) is 0 Å². The van der Waals surface area contributed by atoms with Gasteiger partial charge < -0.3 is 5.73 Å². The highest BCUT2D eigenvalue weighted by atomic mass is 79.9. The number of rotatable bonds is 4. The summed E-state index contributed by atoms with van der Waals surface area (Å²) in [6.45, 7) is 3.19. The number of hydrogen-bond acceptors (Lipinski definition) is 3. The molecule has 0 amide bonds. The van der Waals surface area contributed by atoms with Crippen LogP contribution < -0.4 is 10.5 Å². The van der Waals surface area contributed by atoms with Crippen molar-refractivity contribution < 1.29 is 12.8 Å². The van der Waals surface area contributed by atoms with Crippen LogP contribution in [0.25, 0.3) is 0 Å². The number of nitrogens with one attached hydrogen (secondary N) is 1. The third-order valence-electron chi connectivity index (χ3n) is 2.38. The van der Waals surface area contributed by atoms with Crippen molar-refractivity contribution in [2.75, 3.05) is 11.3 Å². The van der Waals surface area contributed by atoms with Crippen molar-refractivity contribution in [3.8, 4) is 0 Å². The van der Waals surface area contributed by atoms with Gasteiger partial charge in [0, 0.05) is 6.54 Å². The lowest BCUT2D eigenvalue weighted by Crippen LogP contribution is -2.31. The zero-order valence-electron chi connectivity index (χ0n) is 9.50. The Kier molecular flexibility index (Phi) is 4.51. The lowest BCUT2D eigenvalue weighted by atomic mass is 10.2. The van der Waals surface area contributed by atoms with Crippen LogP contribution >= 0.6 is 15.9 Å². The second-order valence-corrected chi connectivity index (χ2v) is 6.73. The largest absolute Gasteiger partial charge is 0.329 e. The molecule has 0 bridgehead atoms. The normalized spacial score (nSPS) is 13.5. The first kappa shape index (κ1) is 14.4. The summed E-state index contributed by atoms with van der Waals surface area (Å²) in [5.74, 6) is -0.520. The van der Waals surface area contributed by atoms with Gasteiger partial charge >= 0.3 is 0 Å². The van der Waals surface area contributed by atoms with E-state index in [2.05, 4.69) is 20.7 Å². The lowest BCUT2D eigenvalue weighted by Gasteiger charge is -2.15. The van der Waals surface area contributed by atoms with Gasteiger partial charge in [0.05, 0.1) is 15.4 Å². The second kappa shape index (κ2) is 5.32. The highest BCUT2D eigenvalue weighted by Crippen LogP contribution is 2.25. The summed E-state index contributed by atoms with van der Waals surface area (Å²) in [6, 6.07) is 2.65.